The molecule has 1 atom stereocenters. The molecular weight excluding hydrogens is 301 g/mol. The molecule has 0 aliphatic rings. The highest BCUT2D eigenvalue weighted by Crippen LogP contribution is 2.34. The van der Waals surface area contributed by atoms with Gasteiger partial charge in [-0.15, -0.1) is 11.3 Å². The Kier molecular flexibility index (Phi) is 5.11. The summed E-state index contributed by atoms with van der Waals surface area (Å²) in [5, 5.41) is 6.77. The van der Waals surface area contributed by atoms with Crippen molar-refractivity contribution in [1.82, 2.24) is 5.32 Å². The molecule has 0 spiro atoms. The van der Waals surface area contributed by atoms with E-state index in [0.717, 1.165) is 22.8 Å². The van der Waals surface area contributed by atoms with Crippen LogP contribution in [0.4, 0.5) is 0 Å². The minimum Gasteiger partial charge on any atom is -0.496 e. The first-order chi connectivity index (χ1) is 9.15. The van der Waals surface area contributed by atoms with Gasteiger partial charge in [-0.1, -0.05) is 23.2 Å². The summed E-state index contributed by atoms with van der Waals surface area (Å²) in [6, 6.07) is 7.68. The van der Waals surface area contributed by atoms with Gasteiger partial charge in [0.1, 0.15) is 5.75 Å². The van der Waals surface area contributed by atoms with Gasteiger partial charge < -0.3 is 10.1 Å². The Balaban J connectivity index is 2.26. The summed E-state index contributed by atoms with van der Waals surface area (Å²) in [7, 11) is 3.62. The van der Waals surface area contributed by atoms with E-state index in [0.29, 0.717) is 5.02 Å². The van der Waals surface area contributed by atoms with Crippen LogP contribution in [0.1, 0.15) is 16.5 Å². The van der Waals surface area contributed by atoms with Gasteiger partial charge in [-0.25, -0.2) is 0 Å². The van der Waals surface area contributed by atoms with Gasteiger partial charge >= 0.3 is 0 Å². The number of halogens is 2. The van der Waals surface area contributed by atoms with Crippen LogP contribution in [0.5, 0.6) is 5.75 Å². The van der Waals surface area contributed by atoms with Gasteiger partial charge in [-0.05, 0) is 48.7 Å². The number of hydrogen-bond acceptors (Lipinski definition) is 3. The van der Waals surface area contributed by atoms with Crippen molar-refractivity contribution < 1.29 is 4.74 Å². The van der Waals surface area contributed by atoms with Crippen LogP contribution >= 0.6 is 34.5 Å². The molecule has 1 N–H and O–H groups in total. The predicted octanol–water partition coefficient (Wildman–Crippen LogP) is 4.57. The fourth-order valence-electron chi connectivity index (χ4n) is 1.98. The Labute approximate surface area is 127 Å². The Bertz CT molecular complexity index is 556. The van der Waals surface area contributed by atoms with Crippen molar-refractivity contribution in [3.05, 3.63) is 50.1 Å². The Morgan fingerprint density at radius 3 is 2.79 bits per heavy atom. The van der Waals surface area contributed by atoms with Crippen LogP contribution in [-0.4, -0.2) is 14.2 Å². The van der Waals surface area contributed by atoms with Crippen molar-refractivity contribution in [2.45, 2.75) is 12.5 Å². The maximum Gasteiger partial charge on any atom is 0.134 e. The molecule has 0 bridgehead atoms. The van der Waals surface area contributed by atoms with E-state index in [4.69, 9.17) is 27.9 Å². The Morgan fingerprint density at radius 2 is 2.11 bits per heavy atom. The van der Waals surface area contributed by atoms with Gasteiger partial charge in [-0.3, -0.25) is 0 Å². The Morgan fingerprint density at radius 1 is 1.32 bits per heavy atom. The second kappa shape index (κ2) is 6.62. The highest BCUT2D eigenvalue weighted by Gasteiger charge is 2.17. The average Bonchev–Trinajstić information content (AvgIpc) is 2.88. The third kappa shape index (κ3) is 3.42. The van der Waals surface area contributed by atoms with Gasteiger partial charge in [-0.2, -0.15) is 0 Å². The van der Waals surface area contributed by atoms with Gasteiger partial charge in [0.2, 0.25) is 0 Å². The van der Waals surface area contributed by atoms with Gasteiger partial charge in [0.05, 0.1) is 12.0 Å². The highest BCUT2D eigenvalue weighted by molar-refractivity contribution is 7.10. The molecule has 0 fully saturated rings. The molecule has 0 aliphatic heterocycles. The molecule has 1 aromatic carbocycles. The monoisotopic (exact) mass is 315 g/mol. The fourth-order valence-corrected chi connectivity index (χ4v) is 3.34. The summed E-state index contributed by atoms with van der Waals surface area (Å²) in [5.74, 6) is 0.905. The molecule has 5 heteroatoms. The topological polar surface area (TPSA) is 21.3 Å². The SMILES string of the molecule is CNC(Cc1cc(Cl)ccc1Cl)c1sccc1OC. The third-order valence-corrected chi connectivity index (χ3v) is 4.59. The molecule has 102 valence electrons. The molecule has 19 heavy (non-hydrogen) atoms. The normalized spacial score (nSPS) is 12.4. The largest absolute Gasteiger partial charge is 0.496 e. The first-order valence-corrected chi connectivity index (χ1v) is 7.51. The minimum absolute atomic E-state index is 0.158. The number of benzene rings is 1. The fraction of sp³-hybridized carbons (Fsp3) is 0.286. The van der Waals surface area contributed by atoms with E-state index in [2.05, 4.69) is 5.32 Å². The van der Waals surface area contributed by atoms with Crippen LogP contribution in [0.3, 0.4) is 0 Å². The van der Waals surface area contributed by atoms with Crippen LogP contribution in [0, 0.1) is 0 Å². The minimum atomic E-state index is 0.158. The first-order valence-electron chi connectivity index (χ1n) is 5.88. The summed E-state index contributed by atoms with van der Waals surface area (Å²) >= 11 is 13.9. The van der Waals surface area contributed by atoms with E-state index in [-0.39, 0.29) is 6.04 Å². The zero-order valence-corrected chi connectivity index (χ0v) is 13.1. The summed E-state index contributed by atoms with van der Waals surface area (Å²) in [6.45, 7) is 0. The molecule has 0 saturated heterocycles. The number of likely N-dealkylation sites (N-methyl/N-ethyl adjacent to an activating group) is 1. The molecule has 0 radical (unpaired) electrons. The van der Waals surface area contributed by atoms with Gasteiger partial charge in [0, 0.05) is 16.1 Å². The number of ether oxygens (including phenoxy) is 1. The highest BCUT2D eigenvalue weighted by atomic mass is 35.5. The molecule has 2 aromatic rings. The maximum atomic E-state index is 6.22. The van der Waals surface area contributed by atoms with E-state index >= 15 is 0 Å². The maximum absolute atomic E-state index is 6.22. The first kappa shape index (κ1) is 14.7. The molecule has 0 saturated carbocycles. The van der Waals surface area contributed by atoms with Crippen LogP contribution in [0.15, 0.2) is 29.6 Å². The lowest BCUT2D eigenvalue weighted by Crippen LogP contribution is -2.18. The number of thiophene rings is 1. The lowest BCUT2D eigenvalue weighted by Gasteiger charge is -2.17. The molecule has 1 heterocycles. The molecule has 2 nitrogen and oxygen atoms in total. The predicted molar refractivity (Wildman–Crippen MR) is 82.8 cm³/mol. The van der Waals surface area contributed by atoms with Crippen LogP contribution in [0.2, 0.25) is 10.0 Å². The van der Waals surface area contributed by atoms with Crippen molar-refractivity contribution in [1.29, 1.82) is 0 Å². The molecule has 1 unspecified atom stereocenters. The number of hydrogen-bond donors (Lipinski definition) is 1. The van der Waals surface area contributed by atoms with Crippen molar-refractivity contribution in [3.63, 3.8) is 0 Å². The van der Waals surface area contributed by atoms with E-state index in [1.165, 1.54) is 4.88 Å². The molecule has 1 aromatic heterocycles. The smallest absolute Gasteiger partial charge is 0.134 e. The summed E-state index contributed by atoms with van der Waals surface area (Å²) in [4.78, 5) is 1.17. The molecule has 0 aliphatic carbocycles. The van der Waals surface area contributed by atoms with Crippen molar-refractivity contribution in [2.75, 3.05) is 14.2 Å². The van der Waals surface area contributed by atoms with E-state index < -0.39 is 0 Å². The van der Waals surface area contributed by atoms with E-state index in [1.807, 2.05) is 30.6 Å². The van der Waals surface area contributed by atoms with E-state index in [1.54, 1.807) is 24.5 Å². The zero-order valence-electron chi connectivity index (χ0n) is 10.7. The lowest BCUT2D eigenvalue weighted by atomic mass is 10.0. The quantitative estimate of drug-likeness (QED) is 0.872. The summed E-state index contributed by atoms with van der Waals surface area (Å²) in [6.07, 6.45) is 0.771. The van der Waals surface area contributed by atoms with Crippen LogP contribution in [-0.2, 0) is 6.42 Å². The standard InChI is InChI=1S/C14H15Cl2NOS/c1-17-12(14-13(18-2)5-6-19-14)8-9-7-10(15)3-4-11(9)16/h3-7,12,17H,8H2,1-2H3. The lowest BCUT2D eigenvalue weighted by molar-refractivity contribution is 0.405. The van der Waals surface area contributed by atoms with Gasteiger partial charge in [0.25, 0.3) is 0 Å². The summed E-state index contributed by atoms with van der Waals surface area (Å²) < 4.78 is 5.37. The van der Waals surface area contributed by atoms with Crippen molar-refractivity contribution in [2.24, 2.45) is 0 Å². The number of nitrogens with one attached hydrogen (secondary N) is 1. The van der Waals surface area contributed by atoms with Crippen molar-refractivity contribution in [3.8, 4) is 5.75 Å². The Hall–Kier alpha value is -0.740. The molecule has 0 amide bonds. The summed E-state index contributed by atoms with van der Waals surface area (Å²) in [5.41, 5.74) is 1.03. The third-order valence-electron chi connectivity index (χ3n) is 2.97. The van der Waals surface area contributed by atoms with Gasteiger partial charge in [0.15, 0.2) is 0 Å². The van der Waals surface area contributed by atoms with Crippen LogP contribution < -0.4 is 10.1 Å². The zero-order chi connectivity index (χ0) is 13.8. The molecule has 2 rings (SSSR count). The average molecular weight is 316 g/mol. The van der Waals surface area contributed by atoms with Crippen molar-refractivity contribution >= 4 is 34.5 Å². The number of methoxy groups -OCH3 is 1. The van der Waals surface area contributed by atoms with Crippen LogP contribution in [0.25, 0.3) is 0 Å². The number of rotatable bonds is 5. The second-order valence-corrected chi connectivity index (χ2v) is 5.93. The molecular formula is C14H15Cl2NOS. The second-order valence-electron chi connectivity index (χ2n) is 4.13. The van der Waals surface area contributed by atoms with E-state index in [9.17, 15) is 0 Å².